The predicted octanol–water partition coefficient (Wildman–Crippen LogP) is 3.23. The van der Waals surface area contributed by atoms with Crippen LogP contribution in [0.3, 0.4) is 0 Å². The van der Waals surface area contributed by atoms with Gasteiger partial charge in [0.05, 0.1) is 6.21 Å². The van der Waals surface area contributed by atoms with Gasteiger partial charge in [-0.1, -0.05) is 22.0 Å². The number of nitrogens with zero attached hydrogens (tertiary/aromatic N) is 1. The SMILES string of the molecule is O=C(O)COc1ccc(/C=N\NC(=S)Nc2cccc(Br)c2)cc1. The van der Waals surface area contributed by atoms with Gasteiger partial charge in [0.15, 0.2) is 11.7 Å². The third-order valence-corrected chi connectivity index (χ3v) is 3.39. The Kier molecular flexibility index (Phi) is 6.71. The van der Waals surface area contributed by atoms with Gasteiger partial charge in [-0.3, -0.25) is 5.43 Å². The Bertz CT molecular complexity index is 750. The molecule has 2 rings (SSSR count). The van der Waals surface area contributed by atoms with E-state index in [-0.39, 0.29) is 6.61 Å². The van der Waals surface area contributed by atoms with Crippen molar-refractivity contribution in [3.05, 3.63) is 58.6 Å². The minimum atomic E-state index is -1.02. The van der Waals surface area contributed by atoms with Gasteiger partial charge in [-0.25, -0.2) is 4.79 Å². The molecule has 0 amide bonds. The van der Waals surface area contributed by atoms with Gasteiger partial charge in [-0.15, -0.1) is 0 Å². The molecule has 0 unspecified atom stereocenters. The van der Waals surface area contributed by atoms with E-state index in [0.29, 0.717) is 10.9 Å². The van der Waals surface area contributed by atoms with Gasteiger partial charge >= 0.3 is 5.97 Å². The van der Waals surface area contributed by atoms with Crippen LogP contribution in [0.25, 0.3) is 0 Å². The van der Waals surface area contributed by atoms with E-state index in [2.05, 4.69) is 31.8 Å². The van der Waals surface area contributed by atoms with E-state index in [1.807, 2.05) is 24.3 Å². The summed E-state index contributed by atoms with van der Waals surface area (Å²) in [5.41, 5.74) is 4.38. The van der Waals surface area contributed by atoms with Crippen molar-refractivity contribution in [2.75, 3.05) is 11.9 Å². The third kappa shape index (κ3) is 6.35. The molecular formula is C16H14BrN3O3S. The van der Waals surface area contributed by atoms with E-state index < -0.39 is 5.97 Å². The second kappa shape index (κ2) is 8.99. The van der Waals surface area contributed by atoms with Crippen molar-refractivity contribution in [1.29, 1.82) is 0 Å². The smallest absolute Gasteiger partial charge is 0.341 e. The summed E-state index contributed by atoms with van der Waals surface area (Å²) >= 11 is 8.53. The summed E-state index contributed by atoms with van der Waals surface area (Å²) in [7, 11) is 0. The van der Waals surface area contributed by atoms with Crippen molar-refractivity contribution >= 4 is 51.1 Å². The summed E-state index contributed by atoms with van der Waals surface area (Å²) in [5, 5.41) is 16.0. The molecule has 2 aromatic carbocycles. The number of nitrogens with one attached hydrogen (secondary N) is 2. The maximum atomic E-state index is 10.4. The van der Waals surface area contributed by atoms with E-state index >= 15 is 0 Å². The highest BCUT2D eigenvalue weighted by Gasteiger charge is 1.99. The first-order valence-electron chi connectivity index (χ1n) is 6.83. The van der Waals surface area contributed by atoms with Gasteiger partial charge in [0.2, 0.25) is 0 Å². The molecule has 0 saturated carbocycles. The van der Waals surface area contributed by atoms with Crippen molar-refractivity contribution in [2.45, 2.75) is 0 Å². The second-order valence-corrected chi connectivity index (χ2v) is 5.91. The number of rotatable bonds is 6. The van der Waals surface area contributed by atoms with E-state index in [1.165, 1.54) is 0 Å². The Balaban J connectivity index is 1.82. The Morgan fingerprint density at radius 2 is 2.04 bits per heavy atom. The van der Waals surface area contributed by atoms with Crippen molar-refractivity contribution in [1.82, 2.24) is 5.43 Å². The molecule has 2 aromatic rings. The minimum absolute atomic E-state index is 0.366. The molecule has 0 aromatic heterocycles. The van der Waals surface area contributed by atoms with Crippen molar-refractivity contribution in [2.24, 2.45) is 5.10 Å². The lowest BCUT2D eigenvalue weighted by Crippen LogP contribution is -2.23. The molecule has 0 radical (unpaired) electrons. The number of carboxylic acid groups (broad SMARTS) is 1. The zero-order valence-electron chi connectivity index (χ0n) is 12.4. The van der Waals surface area contributed by atoms with Crippen molar-refractivity contribution in [3.63, 3.8) is 0 Å². The van der Waals surface area contributed by atoms with E-state index in [9.17, 15) is 4.79 Å². The van der Waals surface area contributed by atoms with Crippen molar-refractivity contribution in [3.8, 4) is 5.75 Å². The molecule has 0 fully saturated rings. The van der Waals surface area contributed by atoms with Gasteiger partial charge in [-0.05, 0) is 60.2 Å². The van der Waals surface area contributed by atoms with Crippen LogP contribution in [0.1, 0.15) is 5.56 Å². The summed E-state index contributed by atoms with van der Waals surface area (Å²) in [6, 6.07) is 14.5. The van der Waals surface area contributed by atoms with Crippen LogP contribution < -0.4 is 15.5 Å². The molecule has 6 nitrogen and oxygen atoms in total. The molecule has 0 aliphatic heterocycles. The monoisotopic (exact) mass is 407 g/mol. The van der Waals surface area contributed by atoms with E-state index in [4.69, 9.17) is 22.1 Å². The summed E-state index contributed by atoms with van der Waals surface area (Å²) in [5.74, 6) is -0.536. The summed E-state index contributed by atoms with van der Waals surface area (Å²) in [6.45, 7) is -0.371. The number of halogens is 1. The van der Waals surface area contributed by atoms with Crippen LogP contribution in [0.2, 0.25) is 0 Å². The third-order valence-electron chi connectivity index (χ3n) is 2.70. The lowest BCUT2D eigenvalue weighted by atomic mass is 10.2. The van der Waals surface area contributed by atoms with E-state index in [1.54, 1.807) is 30.5 Å². The van der Waals surface area contributed by atoms with Gasteiger partial charge in [0.1, 0.15) is 5.75 Å². The largest absolute Gasteiger partial charge is 0.482 e. The average molecular weight is 408 g/mol. The van der Waals surface area contributed by atoms with Gasteiger partial charge in [-0.2, -0.15) is 5.10 Å². The molecule has 0 heterocycles. The zero-order valence-corrected chi connectivity index (χ0v) is 14.8. The minimum Gasteiger partial charge on any atom is -0.482 e. The Morgan fingerprint density at radius 3 is 2.71 bits per heavy atom. The fraction of sp³-hybridized carbons (Fsp3) is 0.0625. The molecule has 0 bridgehead atoms. The van der Waals surface area contributed by atoms with Gasteiger partial charge in [0.25, 0.3) is 0 Å². The number of anilines is 1. The normalized spacial score (nSPS) is 10.4. The first kappa shape index (κ1) is 17.9. The first-order chi connectivity index (χ1) is 11.5. The first-order valence-corrected chi connectivity index (χ1v) is 8.03. The Labute approximate surface area is 152 Å². The highest BCUT2D eigenvalue weighted by Crippen LogP contribution is 2.15. The van der Waals surface area contributed by atoms with Crippen LogP contribution in [0.15, 0.2) is 58.1 Å². The lowest BCUT2D eigenvalue weighted by Gasteiger charge is -2.07. The molecular weight excluding hydrogens is 394 g/mol. The van der Waals surface area contributed by atoms with Crippen LogP contribution in [0.5, 0.6) is 5.75 Å². The number of carbonyl (C=O) groups is 1. The number of carboxylic acids is 1. The molecule has 0 spiro atoms. The molecule has 124 valence electrons. The maximum Gasteiger partial charge on any atom is 0.341 e. The molecule has 0 aliphatic carbocycles. The van der Waals surface area contributed by atoms with Crippen molar-refractivity contribution < 1.29 is 14.6 Å². The van der Waals surface area contributed by atoms with E-state index in [0.717, 1.165) is 15.7 Å². The predicted molar refractivity (Wildman–Crippen MR) is 101 cm³/mol. The number of hydrogen-bond donors (Lipinski definition) is 3. The molecule has 24 heavy (non-hydrogen) atoms. The molecule has 0 atom stereocenters. The second-order valence-electron chi connectivity index (χ2n) is 4.59. The number of aliphatic carboxylic acids is 1. The fourth-order valence-electron chi connectivity index (χ4n) is 1.69. The fourth-order valence-corrected chi connectivity index (χ4v) is 2.26. The highest BCUT2D eigenvalue weighted by atomic mass is 79.9. The number of hydrogen-bond acceptors (Lipinski definition) is 4. The summed E-state index contributed by atoms with van der Waals surface area (Å²) in [4.78, 5) is 10.4. The molecule has 0 saturated heterocycles. The number of benzene rings is 2. The number of hydrazone groups is 1. The topological polar surface area (TPSA) is 83.0 Å². The van der Waals surface area contributed by atoms with Crippen LogP contribution in [0.4, 0.5) is 5.69 Å². The molecule has 3 N–H and O–H groups in total. The Morgan fingerprint density at radius 1 is 1.29 bits per heavy atom. The molecule has 0 aliphatic rings. The maximum absolute atomic E-state index is 10.4. The Hall–Kier alpha value is -2.45. The zero-order chi connectivity index (χ0) is 17.4. The standard InChI is InChI=1S/C16H14BrN3O3S/c17-12-2-1-3-13(8-12)19-16(24)20-18-9-11-4-6-14(7-5-11)23-10-15(21)22/h1-9H,10H2,(H,21,22)(H2,19,20,24)/b18-9-. The van der Waals surface area contributed by atoms with Gasteiger partial charge in [0, 0.05) is 10.2 Å². The lowest BCUT2D eigenvalue weighted by molar-refractivity contribution is -0.139. The summed E-state index contributed by atoms with van der Waals surface area (Å²) in [6.07, 6.45) is 1.59. The van der Waals surface area contributed by atoms with Crippen LogP contribution in [-0.4, -0.2) is 29.0 Å². The molecule has 8 heteroatoms. The summed E-state index contributed by atoms with van der Waals surface area (Å²) < 4.78 is 6.00. The van der Waals surface area contributed by atoms with Crippen LogP contribution in [0, 0.1) is 0 Å². The van der Waals surface area contributed by atoms with Gasteiger partial charge < -0.3 is 15.2 Å². The number of thiocarbonyl (C=S) groups is 1. The highest BCUT2D eigenvalue weighted by molar-refractivity contribution is 9.10. The average Bonchev–Trinajstić information content (AvgIpc) is 2.54. The van der Waals surface area contributed by atoms with Crippen LogP contribution in [-0.2, 0) is 4.79 Å². The quantitative estimate of drug-likeness (QED) is 0.387. The van der Waals surface area contributed by atoms with Crippen LogP contribution >= 0.6 is 28.1 Å². The number of ether oxygens (including phenoxy) is 1.